The molecule has 2 unspecified atom stereocenters. The van der Waals surface area contributed by atoms with Crippen molar-refractivity contribution in [1.82, 2.24) is 9.80 Å². The van der Waals surface area contributed by atoms with Gasteiger partial charge in [-0.3, -0.25) is 4.79 Å². The molecule has 5 heteroatoms. The molecule has 2 heterocycles. The number of rotatable bonds is 6. The zero-order valence-electron chi connectivity index (χ0n) is 14.7. The van der Waals surface area contributed by atoms with Crippen LogP contribution >= 0.6 is 0 Å². The summed E-state index contributed by atoms with van der Waals surface area (Å²) in [4.78, 5) is 17.1. The Morgan fingerprint density at radius 1 is 1.21 bits per heavy atom. The molecule has 0 aliphatic carbocycles. The number of methoxy groups -OCH3 is 1. The summed E-state index contributed by atoms with van der Waals surface area (Å²) in [6, 6.07) is 8.66. The molecule has 1 aromatic rings. The van der Waals surface area contributed by atoms with E-state index in [4.69, 9.17) is 9.47 Å². The Balaban J connectivity index is 1.50. The first-order valence-corrected chi connectivity index (χ1v) is 8.89. The number of benzene rings is 1. The second-order valence-corrected chi connectivity index (χ2v) is 6.83. The van der Waals surface area contributed by atoms with Crippen molar-refractivity contribution in [2.24, 2.45) is 0 Å². The van der Waals surface area contributed by atoms with Crippen LogP contribution in [0, 0.1) is 0 Å². The van der Waals surface area contributed by atoms with Gasteiger partial charge in [-0.15, -0.1) is 0 Å². The lowest BCUT2D eigenvalue weighted by Gasteiger charge is -2.33. The number of carbonyl (C=O) groups is 1. The zero-order valence-corrected chi connectivity index (χ0v) is 14.7. The van der Waals surface area contributed by atoms with Crippen LogP contribution in [0.4, 0.5) is 0 Å². The van der Waals surface area contributed by atoms with Gasteiger partial charge < -0.3 is 19.3 Å². The summed E-state index contributed by atoms with van der Waals surface area (Å²) in [7, 11) is 3.83. The van der Waals surface area contributed by atoms with Crippen molar-refractivity contribution < 1.29 is 14.3 Å². The first kappa shape index (κ1) is 17.2. The molecule has 0 bridgehead atoms. The van der Waals surface area contributed by atoms with Crippen LogP contribution in [0.5, 0.6) is 5.75 Å². The zero-order chi connectivity index (χ0) is 16.9. The van der Waals surface area contributed by atoms with Crippen LogP contribution in [0.2, 0.25) is 0 Å². The van der Waals surface area contributed by atoms with E-state index < -0.39 is 0 Å². The van der Waals surface area contributed by atoms with Crippen LogP contribution in [0.3, 0.4) is 0 Å². The summed E-state index contributed by atoms with van der Waals surface area (Å²) in [5, 5.41) is 0. The van der Waals surface area contributed by atoms with Crippen LogP contribution in [-0.2, 0) is 16.1 Å². The van der Waals surface area contributed by atoms with Crippen molar-refractivity contribution in [2.45, 2.75) is 44.4 Å². The summed E-state index contributed by atoms with van der Waals surface area (Å²) in [6.45, 7) is 2.61. The molecule has 0 radical (unpaired) electrons. The smallest absolute Gasteiger partial charge is 0.248 e. The van der Waals surface area contributed by atoms with E-state index in [1.807, 2.05) is 24.3 Å². The average molecular weight is 332 g/mol. The molecule has 0 saturated carbocycles. The molecule has 2 saturated heterocycles. The molecule has 1 amide bonds. The number of likely N-dealkylation sites (N-methyl/N-ethyl adjacent to an activating group) is 1. The highest BCUT2D eigenvalue weighted by Gasteiger charge is 2.38. The van der Waals surface area contributed by atoms with E-state index in [9.17, 15) is 4.79 Å². The van der Waals surface area contributed by atoms with Crippen molar-refractivity contribution in [3.63, 3.8) is 0 Å². The minimum atomic E-state index is 0.126. The number of likely N-dealkylation sites (tertiary alicyclic amines) is 2. The normalized spacial score (nSPS) is 24.5. The van der Waals surface area contributed by atoms with Crippen molar-refractivity contribution in [1.29, 1.82) is 0 Å². The maximum Gasteiger partial charge on any atom is 0.248 e. The Bertz CT molecular complexity index is 563. The van der Waals surface area contributed by atoms with Gasteiger partial charge >= 0.3 is 0 Å². The summed E-state index contributed by atoms with van der Waals surface area (Å²) >= 11 is 0. The van der Waals surface area contributed by atoms with Crippen LogP contribution < -0.4 is 4.74 Å². The Labute approximate surface area is 144 Å². The minimum Gasteiger partial charge on any atom is -0.497 e. The molecule has 2 aliphatic heterocycles. The highest BCUT2D eigenvalue weighted by Crippen LogP contribution is 2.29. The van der Waals surface area contributed by atoms with E-state index in [0.29, 0.717) is 18.7 Å². The van der Waals surface area contributed by atoms with Gasteiger partial charge in [-0.25, -0.2) is 0 Å². The molecule has 2 fully saturated rings. The summed E-state index contributed by atoms with van der Waals surface area (Å²) in [5.41, 5.74) is 1.02. The third-order valence-electron chi connectivity index (χ3n) is 5.27. The number of ether oxygens (including phenoxy) is 2. The number of nitrogens with zero attached hydrogens (tertiary/aromatic N) is 2. The van der Waals surface area contributed by atoms with E-state index in [2.05, 4.69) is 16.8 Å². The van der Waals surface area contributed by atoms with Crippen molar-refractivity contribution in [2.75, 3.05) is 33.9 Å². The molecular weight excluding hydrogens is 304 g/mol. The number of amides is 1. The van der Waals surface area contributed by atoms with Gasteiger partial charge in [-0.05, 0) is 57.0 Å². The van der Waals surface area contributed by atoms with Crippen molar-refractivity contribution >= 4 is 5.91 Å². The van der Waals surface area contributed by atoms with Crippen molar-refractivity contribution in [3.8, 4) is 5.75 Å². The molecule has 3 rings (SSSR count). The highest BCUT2D eigenvalue weighted by atomic mass is 16.5. The Hall–Kier alpha value is -1.59. The summed E-state index contributed by atoms with van der Waals surface area (Å²) < 4.78 is 10.9. The average Bonchev–Trinajstić information content (AvgIpc) is 3.23. The molecule has 5 nitrogen and oxygen atoms in total. The highest BCUT2D eigenvalue weighted by molar-refractivity contribution is 5.78. The number of carbonyl (C=O) groups excluding carboxylic acids is 1. The van der Waals surface area contributed by atoms with Crippen LogP contribution in [0.15, 0.2) is 24.3 Å². The van der Waals surface area contributed by atoms with Gasteiger partial charge in [0.1, 0.15) is 12.4 Å². The molecule has 0 spiro atoms. The lowest BCUT2D eigenvalue weighted by atomic mass is 10.0. The molecule has 132 valence electrons. The van der Waals surface area contributed by atoms with Crippen LogP contribution in [0.25, 0.3) is 0 Å². The molecule has 2 atom stereocenters. The van der Waals surface area contributed by atoms with Crippen molar-refractivity contribution in [3.05, 3.63) is 29.8 Å². The van der Waals surface area contributed by atoms with Gasteiger partial charge in [-0.2, -0.15) is 0 Å². The lowest BCUT2D eigenvalue weighted by Crippen LogP contribution is -2.48. The van der Waals surface area contributed by atoms with E-state index >= 15 is 0 Å². The fourth-order valence-corrected chi connectivity index (χ4v) is 4.03. The van der Waals surface area contributed by atoms with Gasteiger partial charge in [0, 0.05) is 18.6 Å². The van der Waals surface area contributed by atoms with E-state index in [1.165, 1.54) is 12.8 Å². The third kappa shape index (κ3) is 3.90. The maximum absolute atomic E-state index is 12.6. The van der Waals surface area contributed by atoms with E-state index in [0.717, 1.165) is 37.2 Å². The van der Waals surface area contributed by atoms with Gasteiger partial charge in [-0.1, -0.05) is 12.1 Å². The van der Waals surface area contributed by atoms with E-state index in [1.54, 1.807) is 7.11 Å². The van der Waals surface area contributed by atoms with Crippen LogP contribution in [0.1, 0.15) is 31.2 Å². The van der Waals surface area contributed by atoms with Gasteiger partial charge in [0.05, 0.1) is 13.7 Å². The molecule has 1 aromatic carbocycles. The van der Waals surface area contributed by atoms with Gasteiger partial charge in [0.15, 0.2) is 0 Å². The quantitative estimate of drug-likeness (QED) is 0.802. The first-order valence-electron chi connectivity index (χ1n) is 8.89. The third-order valence-corrected chi connectivity index (χ3v) is 5.27. The van der Waals surface area contributed by atoms with Crippen LogP contribution in [-0.4, -0.2) is 61.6 Å². The van der Waals surface area contributed by atoms with Gasteiger partial charge in [0.25, 0.3) is 0 Å². The molecular formula is C19H28N2O3. The fourth-order valence-electron chi connectivity index (χ4n) is 4.03. The molecule has 0 N–H and O–H groups in total. The summed E-state index contributed by atoms with van der Waals surface area (Å²) in [6.07, 6.45) is 4.68. The predicted octanol–water partition coefficient (Wildman–Crippen LogP) is 2.30. The maximum atomic E-state index is 12.6. The molecule has 0 aromatic heterocycles. The number of hydrogen-bond donors (Lipinski definition) is 0. The number of hydrogen-bond acceptors (Lipinski definition) is 4. The lowest BCUT2D eigenvalue weighted by molar-refractivity contribution is -0.138. The topological polar surface area (TPSA) is 42.0 Å². The SMILES string of the molecule is COc1cccc(COCC(=O)N2CCCC2C2CCCN2C)c1. The largest absolute Gasteiger partial charge is 0.497 e. The van der Waals surface area contributed by atoms with E-state index in [-0.39, 0.29) is 12.5 Å². The Kier molecular flexibility index (Phi) is 5.74. The Morgan fingerprint density at radius 3 is 2.75 bits per heavy atom. The Morgan fingerprint density at radius 2 is 2.00 bits per heavy atom. The first-order chi connectivity index (χ1) is 11.7. The monoisotopic (exact) mass is 332 g/mol. The second-order valence-electron chi connectivity index (χ2n) is 6.83. The molecule has 24 heavy (non-hydrogen) atoms. The van der Waals surface area contributed by atoms with Gasteiger partial charge in [0.2, 0.25) is 5.91 Å². The fraction of sp³-hybridized carbons (Fsp3) is 0.632. The summed E-state index contributed by atoms with van der Waals surface area (Å²) in [5.74, 6) is 0.937. The molecule has 2 aliphatic rings. The standard InChI is InChI=1S/C19H28N2O3/c1-20-10-4-8-17(20)18-9-5-11-21(18)19(22)14-24-13-15-6-3-7-16(12-15)23-2/h3,6-7,12,17-18H,4-5,8-11,13-14H2,1-2H3. The second kappa shape index (κ2) is 7.99. The minimum absolute atomic E-state index is 0.126. The predicted molar refractivity (Wildman–Crippen MR) is 93.0 cm³/mol.